The van der Waals surface area contributed by atoms with Crippen LogP contribution in [0.3, 0.4) is 0 Å². The van der Waals surface area contributed by atoms with Gasteiger partial charge in [0.25, 0.3) is 0 Å². The van der Waals surface area contributed by atoms with Gasteiger partial charge in [0.15, 0.2) is 0 Å². The first-order valence-electron chi connectivity index (χ1n) is 6.56. The summed E-state index contributed by atoms with van der Waals surface area (Å²) in [7, 11) is 0. The number of hydrogen-bond donors (Lipinski definition) is 0. The maximum absolute atomic E-state index is 12.1. The number of rotatable bonds is 3. The predicted molar refractivity (Wildman–Crippen MR) is 77.3 cm³/mol. The lowest BCUT2D eigenvalue weighted by Gasteiger charge is -2.09. The number of aliphatic imine (C=N–C) groups is 1. The smallest absolute Gasteiger partial charge is 0.331 e. The molecule has 1 heterocycles. The molecule has 0 radical (unpaired) electrons. The van der Waals surface area contributed by atoms with Crippen molar-refractivity contribution >= 4 is 22.8 Å². The van der Waals surface area contributed by atoms with E-state index in [-0.39, 0.29) is 17.4 Å². The van der Waals surface area contributed by atoms with Gasteiger partial charge >= 0.3 is 5.97 Å². The number of carbonyl (C=O) groups excluding carboxylic acids is 1. The molecule has 1 saturated carbocycles. The fourth-order valence-electron chi connectivity index (χ4n) is 2.58. The van der Waals surface area contributed by atoms with Crippen LogP contribution in [0.15, 0.2) is 35.3 Å². The Hall–Kier alpha value is -1.29. The monoisotopic (exact) mass is 275 g/mol. The van der Waals surface area contributed by atoms with E-state index in [1.807, 2.05) is 36.6 Å². The number of benzene rings is 1. The lowest BCUT2D eigenvalue weighted by molar-refractivity contribution is -0.146. The van der Waals surface area contributed by atoms with Gasteiger partial charge in [-0.2, -0.15) is 0 Å². The maximum Gasteiger partial charge on any atom is 0.331 e. The topological polar surface area (TPSA) is 38.7 Å². The van der Waals surface area contributed by atoms with Crippen molar-refractivity contribution in [1.82, 2.24) is 0 Å². The molecule has 1 fully saturated rings. The van der Waals surface area contributed by atoms with E-state index < -0.39 is 0 Å². The fraction of sp³-hybridized carbons (Fsp3) is 0.467. The Kier molecular flexibility index (Phi) is 3.35. The molecule has 0 unspecified atom stereocenters. The van der Waals surface area contributed by atoms with E-state index in [9.17, 15) is 4.79 Å². The molecule has 0 N–H and O–H groups in total. The molecule has 1 spiro atoms. The van der Waals surface area contributed by atoms with Crippen molar-refractivity contribution in [3.8, 4) is 0 Å². The third kappa shape index (κ3) is 2.54. The molecule has 1 aliphatic heterocycles. The van der Waals surface area contributed by atoms with Crippen molar-refractivity contribution in [2.75, 3.05) is 6.26 Å². The molecule has 1 aliphatic carbocycles. The molecule has 0 amide bonds. The molecule has 1 aromatic carbocycles. The van der Waals surface area contributed by atoms with Crippen LogP contribution in [0.4, 0.5) is 0 Å². The first kappa shape index (κ1) is 12.7. The number of nitrogens with zero attached hydrogens (tertiary/aromatic N) is 1. The second kappa shape index (κ2) is 5.00. The molecular weight excluding hydrogens is 258 g/mol. The van der Waals surface area contributed by atoms with Crippen LogP contribution >= 0.6 is 11.8 Å². The Bertz CT molecular complexity index is 508. The number of ether oxygens (including phenoxy) is 1. The van der Waals surface area contributed by atoms with Gasteiger partial charge in [0.1, 0.15) is 12.6 Å². The lowest BCUT2D eigenvalue weighted by atomic mass is 10.0. The van der Waals surface area contributed by atoms with Gasteiger partial charge in [-0.25, -0.2) is 4.79 Å². The molecule has 0 saturated heterocycles. The van der Waals surface area contributed by atoms with Crippen molar-refractivity contribution in [1.29, 1.82) is 0 Å². The molecule has 100 valence electrons. The van der Waals surface area contributed by atoms with Crippen LogP contribution in [0, 0.1) is 5.41 Å². The highest BCUT2D eigenvalue weighted by Gasteiger charge is 2.53. The SMILES string of the molecule is CSC1=N[C@H](C(=O)OCc2ccccc2)CC12CC2. The van der Waals surface area contributed by atoms with Crippen LogP contribution in [0.2, 0.25) is 0 Å². The number of esters is 1. The molecule has 1 aromatic rings. The molecule has 0 bridgehead atoms. The van der Waals surface area contributed by atoms with Crippen molar-refractivity contribution in [3.63, 3.8) is 0 Å². The Labute approximate surface area is 117 Å². The maximum atomic E-state index is 12.1. The van der Waals surface area contributed by atoms with Crippen molar-refractivity contribution in [3.05, 3.63) is 35.9 Å². The van der Waals surface area contributed by atoms with E-state index >= 15 is 0 Å². The third-order valence-electron chi connectivity index (χ3n) is 3.85. The van der Waals surface area contributed by atoms with E-state index in [0.717, 1.165) is 17.0 Å². The van der Waals surface area contributed by atoms with Crippen LogP contribution in [0.1, 0.15) is 24.8 Å². The summed E-state index contributed by atoms with van der Waals surface area (Å²) < 4.78 is 5.37. The van der Waals surface area contributed by atoms with Gasteiger partial charge in [-0.3, -0.25) is 4.99 Å². The zero-order valence-electron chi connectivity index (χ0n) is 11.0. The number of carbonyl (C=O) groups is 1. The summed E-state index contributed by atoms with van der Waals surface area (Å²) in [6.07, 6.45) is 5.23. The van der Waals surface area contributed by atoms with Gasteiger partial charge < -0.3 is 4.74 Å². The highest BCUT2D eigenvalue weighted by molar-refractivity contribution is 8.13. The van der Waals surface area contributed by atoms with E-state index in [2.05, 4.69) is 4.99 Å². The summed E-state index contributed by atoms with van der Waals surface area (Å²) >= 11 is 1.68. The summed E-state index contributed by atoms with van der Waals surface area (Å²) in [5, 5.41) is 1.15. The van der Waals surface area contributed by atoms with E-state index in [1.54, 1.807) is 11.8 Å². The van der Waals surface area contributed by atoms with Gasteiger partial charge in [-0.1, -0.05) is 30.3 Å². The summed E-state index contributed by atoms with van der Waals surface area (Å²) in [5.74, 6) is -0.181. The van der Waals surface area contributed by atoms with Crippen LogP contribution in [0.5, 0.6) is 0 Å². The Balaban J connectivity index is 1.59. The standard InChI is InChI=1S/C15H17NO2S/c1-19-14-15(7-8-15)9-12(16-14)13(17)18-10-11-5-3-2-4-6-11/h2-6,12H,7-10H2,1H3/t12-/m0/s1. The number of thioether (sulfide) groups is 1. The van der Waals surface area contributed by atoms with Gasteiger partial charge in [0.2, 0.25) is 0 Å². The Morgan fingerprint density at radius 3 is 2.74 bits per heavy atom. The molecule has 2 aliphatic rings. The quantitative estimate of drug-likeness (QED) is 0.796. The van der Waals surface area contributed by atoms with Crippen molar-refractivity contribution < 1.29 is 9.53 Å². The van der Waals surface area contributed by atoms with Crippen molar-refractivity contribution in [2.24, 2.45) is 10.4 Å². The third-order valence-corrected chi connectivity index (χ3v) is 4.78. The highest BCUT2D eigenvalue weighted by Crippen LogP contribution is 2.56. The van der Waals surface area contributed by atoms with E-state index in [1.165, 1.54) is 12.8 Å². The second-order valence-electron chi connectivity index (χ2n) is 5.23. The van der Waals surface area contributed by atoms with Gasteiger partial charge in [0.05, 0.1) is 5.04 Å². The van der Waals surface area contributed by atoms with Gasteiger partial charge in [-0.05, 0) is 31.1 Å². The average molecular weight is 275 g/mol. The van der Waals surface area contributed by atoms with Gasteiger partial charge in [-0.15, -0.1) is 11.8 Å². The van der Waals surface area contributed by atoms with Crippen LogP contribution < -0.4 is 0 Å². The highest BCUT2D eigenvalue weighted by atomic mass is 32.2. The van der Waals surface area contributed by atoms with Crippen molar-refractivity contribution in [2.45, 2.75) is 31.9 Å². The molecule has 0 aromatic heterocycles. The summed E-state index contributed by atoms with van der Waals surface area (Å²) in [6.45, 7) is 0.341. The normalized spacial score (nSPS) is 23.2. The average Bonchev–Trinajstić information content (AvgIpc) is 3.11. The fourth-order valence-corrected chi connectivity index (χ4v) is 3.53. The molecule has 19 heavy (non-hydrogen) atoms. The Morgan fingerprint density at radius 2 is 2.16 bits per heavy atom. The molecule has 4 heteroatoms. The first-order valence-corrected chi connectivity index (χ1v) is 7.79. The summed E-state index contributed by atoms with van der Waals surface area (Å²) in [5.41, 5.74) is 1.25. The lowest BCUT2D eigenvalue weighted by Crippen LogP contribution is -2.20. The summed E-state index contributed by atoms with van der Waals surface area (Å²) in [6, 6.07) is 9.48. The molecule has 1 atom stereocenters. The molecular formula is C15H17NO2S. The predicted octanol–water partition coefficient (Wildman–Crippen LogP) is 3.04. The zero-order chi connectivity index (χ0) is 13.3. The largest absolute Gasteiger partial charge is 0.459 e. The van der Waals surface area contributed by atoms with Crippen LogP contribution in [0.25, 0.3) is 0 Å². The van der Waals surface area contributed by atoms with E-state index in [0.29, 0.717) is 6.61 Å². The first-order chi connectivity index (χ1) is 9.23. The second-order valence-corrected chi connectivity index (χ2v) is 6.03. The molecule has 3 nitrogen and oxygen atoms in total. The van der Waals surface area contributed by atoms with Crippen LogP contribution in [-0.4, -0.2) is 23.3 Å². The van der Waals surface area contributed by atoms with Gasteiger partial charge in [0, 0.05) is 5.41 Å². The minimum Gasteiger partial charge on any atom is -0.459 e. The number of hydrogen-bond acceptors (Lipinski definition) is 4. The van der Waals surface area contributed by atoms with E-state index in [4.69, 9.17) is 4.74 Å². The van der Waals surface area contributed by atoms with Crippen LogP contribution in [-0.2, 0) is 16.1 Å². The molecule has 3 rings (SSSR count). The minimum absolute atomic E-state index is 0.181. The zero-order valence-corrected chi connectivity index (χ0v) is 11.8. The minimum atomic E-state index is -0.284. The summed E-state index contributed by atoms with van der Waals surface area (Å²) in [4.78, 5) is 16.6. The Morgan fingerprint density at radius 1 is 1.42 bits per heavy atom.